The Balaban J connectivity index is 2.45. The van der Waals surface area contributed by atoms with Gasteiger partial charge in [0.15, 0.2) is 0 Å². The topological polar surface area (TPSA) is 38.0 Å². The lowest BCUT2D eigenvalue weighted by Gasteiger charge is -2.33. The van der Waals surface area contributed by atoms with Gasteiger partial charge in [-0.3, -0.25) is 4.68 Å². The predicted molar refractivity (Wildman–Crippen MR) is 74.6 cm³/mol. The van der Waals surface area contributed by atoms with Crippen molar-refractivity contribution >= 4 is 17.2 Å². The molecule has 1 aromatic rings. The Morgan fingerprint density at radius 1 is 1.50 bits per heavy atom. The predicted octanol–water partition coefficient (Wildman–Crippen LogP) is 3.68. The summed E-state index contributed by atoms with van der Waals surface area (Å²) >= 11 is 6.26. The van der Waals surface area contributed by atoms with Crippen LogP contribution in [0.3, 0.4) is 0 Å². The summed E-state index contributed by atoms with van der Waals surface area (Å²) in [5, 5.41) is 15.0. The molecule has 0 saturated carbocycles. The lowest BCUT2D eigenvalue weighted by Crippen LogP contribution is -2.25. The third-order valence-corrected chi connectivity index (χ3v) is 3.65. The molecule has 0 fully saturated rings. The van der Waals surface area contributed by atoms with E-state index in [1.165, 1.54) is 0 Å². The summed E-state index contributed by atoms with van der Waals surface area (Å²) in [4.78, 5) is 0. The molecular weight excluding hydrogens is 248 g/mol. The zero-order valence-corrected chi connectivity index (χ0v) is 12.2. The number of rotatable bonds is 2. The van der Waals surface area contributed by atoms with Crippen molar-refractivity contribution in [3.8, 4) is 0 Å². The van der Waals surface area contributed by atoms with Gasteiger partial charge in [-0.2, -0.15) is 5.10 Å². The number of nitrogens with zero attached hydrogens (tertiary/aromatic N) is 2. The van der Waals surface area contributed by atoms with Crippen molar-refractivity contribution in [1.29, 1.82) is 0 Å². The molecule has 0 aliphatic heterocycles. The van der Waals surface area contributed by atoms with Crippen molar-refractivity contribution in [2.24, 2.45) is 5.41 Å². The zero-order valence-electron chi connectivity index (χ0n) is 11.4. The second kappa shape index (κ2) is 4.71. The third kappa shape index (κ3) is 2.62. The van der Waals surface area contributed by atoms with E-state index in [4.69, 9.17) is 11.6 Å². The average Bonchev–Trinajstić information content (AvgIpc) is 2.56. The van der Waals surface area contributed by atoms with Crippen LogP contribution < -0.4 is 0 Å². The van der Waals surface area contributed by atoms with E-state index >= 15 is 0 Å². The molecular formula is C14H21ClN2O. The van der Waals surface area contributed by atoms with Crippen molar-refractivity contribution in [3.63, 3.8) is 0 Å². The van der Waals surface area contributed by atoms with Gasteiger partial charge in [0.25, 0.3) is 0 Å². The van der Waals surface area contributed by atoms with E-state index in [1.54, 1.807) is 6.20 Å². The summed E-state index contributed by atoms with van der Waals surface area (Å²) in [6, 6.07) is 0.260. The Kier molecular flexibility index (Phi) is 3.56. The van der Waals surface area contributed by atoms with Gasteiger partial charge in [0.2, 0.25) is 0 Å². The molecule has 0 saturated heterocycles. The van der Waals surface area contributed by atoms with Crippen molar-refractivity contribution in [1.82, 2.24) is 9.78 Å². The van der Waals surface area contributed by atoms with Crippen LogP contribution in [0.25, 0.3) is 5.57 Å². The van der Waals surface area contributed by atoms with Gasteiger partial charge in [-0.05, 0) is 37.7 Å². The van der Waals surface area contributed by atoms with E-state index in [1.807, 2.05) is 10.8 Å². The van der Waals surface area contributed by atoms with E-state index in [-0.39, 0.29) is 11.5 Å². The molecule has 0 spiro atoms. The molecule has 18 heavy (non-hydrogen) atoms. The van der Waals surface area contributed by atoms with Crippen LogP contribution in [-0.2, 0) is 0 Å². The van der Waals surface area contributed by atoms with Crippen molar-refractivity contribution in [3.05, 3.63) is 23.0 Å². The monoisotopic (exact) mass is 268 g/mol. The van der Waals surface area contributed by atoms with Crippen LogP contribution in [0.1, 0.15) is 52.3 Å². The Labute approximate surface area is 113 Å². The first-order valence-corrected chi connectivity index (χ1v) is 6.80. The maximum atomic E-state index is 9.99. The first-order chi connectivity index (χ1) is 8.30. The molecule has 1 aliphatic carbocycles. The van der Waals surface area contributed by atoms with Crippen LogP contribution in [0.5, 0.6) is 0 Å². The Morgan fingerprint density at radius 2 is 2.17 bits per heavy atom. The average molecular weight is 269 g/mol. The molecule has 1 heterocycles. The number of allylic oxidation sites excluding steroid dienone is 1. The number of aromatic nitrogens is 2. The fourth-order valence-corrected chi connectivity index (χ4v) is 2.95. The molecule has 4 heteroatoms. The van der Waals surface area contributed by atoms with Crippen LogP contribution >= 0.6 is 11.6 Å². The normalized spacial score (nSPS) is 23.3. The van der Waals surface area contributed by atoms with Crippen LogP contribution in [0, 0.1) is 5.41 Å². The van der Waals surface area contributed by atoms with Crippen molar-refractivity contribution in [2.75, 3.05) is 0 Å². The van der Waals surface area contributed by atoms with E-state index in [2.05, 4.69) is 32.8 Å². The summed E-state index contributed by atoms with van der Waals surface area (Å²) in [6.07, 6.45) is 4.93. The number of hydrogen-bond donors (Lipinski definition) is 1. The molecule has 0 amide bonds. The first kappa shape index (κ1) is 13.6. The standard InChI is InChI=1S/C14H21ClN2O/c1-9(2)17-13(12(15)8-16-17)10-5-11(18)7-14(3,4)6-10/h5,8-9,11,18H,6-7H2,1-4H3. The van der Waals surface area contributed by atoms with Crippen molar-refractivity contribution in [2.45, 2.75) is 52.7 Å². The summed E-state index contributed by atoms with van der Waals surface area (Å²) in [7, 11) is 0. The summed E-state index contributed by atoms with van der Waals surface area (Å²) < 4.78 is 1.93. The molecule has 100 valence electrons. The van der Waals surface area contributed by atoms with Gasteiger partial charge in [-0.1, -0.05) is 31.5 Å². The lowest BCUT2D eigenvalue weighted by molar-refractivity contribution is 0.146. The maximum absolute atomic E-state index is 9.99. The summed E-state index contributed by atoms with van der Waals surface area (Å²) in [6.45, 7) is 8.51. The fourth-order valence-electron chi connectivity index (χ4n) is 2.70. The third-order valence-electron chi connectivity index (χ3n) is 3.37. The van der Waals surface area contributed by atoms with Crippen LogP contribution in [-0.4, -0.2) is 21.0 Å². The molecule has 0 aromatic carbocycles. The highest BCUT2D eigenvalue weighted by Gasteiger charge is 2.30. The smallest absolute Gasteiger partial charge is 0.0862 e. The second-order valence-electron chi connectivity index (χ2n) is 6.18. The summed E-state index contributed by atoms with van der Waals surface area (Å²) in [5.74, 6) is 0. The number of aliphatic hydroxyl groups is 1. The number of aliphatic hydroxyl groups excluding tert-OH is 1. The van der Waals surface area contributed by atoms with E-state index in [0.717, 1.165) is 24.1 Å². The highest BCUT2D eigenvalue weighted by atomic mass is 35.5. The van der Waals surface area contributed by atoms with E-state index < -0.39 is 6.10 Å². The quantitative estimate of drug-likeness (QED) is 0.888. The molecule has 0 radical (unpaired) electrons. The Morgan fingerprint density at radius 3 is 2.72 bits per heavy atom. The minimum atomic E-state index is -0.393. The van der Waals surface area contributed by atoms with Gasteiger partial charge >= 0.3 is 0 Å². The Hall–Kier alpha value is -0.800. The summed E-state index contributed by atoms with van der Waals surface area (Å²) in [5.41, 5.74) is 2.16. The van der Waals surface area contributed by atoms with E-state index in [9.17, 15) is 5.11 Å². The van der Waals surface area contributed by atoms with Gasteiger partial charge in [-0.25, -0.2) is 0 Å². The largest absolute Gasteiger partial charge is 0.389 e. The van der Waals surface area contributed by atoms with Gasteiger partial charge in [0.1, 0.15) is 0 Å². The van der Waals surface area contributed by atoms with Crippen LogP contribution in [0.2, 0.25) is 5.02 Å². The molecule has 3 nitrogen and oxygen atoms in total. The number of hydrogen-bond acceptors (Lipinski definition) is 2. The van der Waals surface area contributed by atoms with E-state index in [0.29, 0.717) is 5.02 Å². The molecule has 1 N–H and O–H groups in total. The fraction of sp³-hybridized carbons (Fsp3) is 0.643. The van der Waals surface area contributed by atoms with Crippen LogP contribution in [0.15, 0.2) is 12.3 Å². The highest BCUT2D eigenvalue weighted by molar-refractivity contribution is 6.32. The molecule has 2 rings (SSSR count). The van der Waals surface area contributed by atoms with Crippen molar-refractivity contribution < 1.29 is 5.11 Å². The molecule has 1 aromatic heterocycles. The van der Waals surface area contributed by atoms with Gasteiger partial charge in [0.05, 0.1) is 23.0 Å². The maximum Gasteiger partial charge on any atom is 0.0862 e. The highest BCUT2D eigenvalue weighted by Crippen LogP contribution is 2.41. The van der Waals surface area contributed by atoms with Gasteiger partial charge < -0.3 is 5.11 Å². The molecule has 1 unspecified atom stereocenters. The second-order valence-corrected chi connectivity index (χ2v) is 6.59. The molecule has 0 bridgehead atoms. The zero-order chi connectivity index (χ0) is 13.5. The minimum absolute atomic E-state index is 0.0961. The van der Waals surface area contributed by atoms with Crippen LogP contribution in [0.4, 0.5) is 0 Å². The number of halogens is 1. The van der Waals surface area contributed by atoms with Gasteiger partial charge in [-0.15, -0.1) is 0 Å². The molecule has 1 aliphatic rings. The molecule has 1 atom stereocenters. The Bertz CT molecular complexity index is 474. The lowest BCUT2D eigenvalue weighted by atomic mass is 9.75. The SMILES string of the molecule is CC(C)n1ncc(Cl)c1C1=CC(O)CC(C)(C)C1. The first-order valence-electron chi connectivity index (χ1n) is 6.42. The minimum Gasteiger partial charge on any atom is -0.389 e. The van der Waals surface area contributed by atoms with Gasteiger partial charge in [0, 0.05) is 6.04 Å².